The molecular weight excluding hydrogens is 508 g/mol. The van der Waals surface area contributed by atoms with Crippen LogP contribution in [0.1, 0.15) is 18.4 Å². The van der Waals surface area contributed by atoms with Gasteiger partial charge in [0.1, 0.15) is 5.82 Å². The van der Waals surface area contributed by atoms with Gasteiger partial charge in [-0.05, 0) is 18.6 Å². The Bertz CT molecular complexity index is 1340. The van der Waals surface area contributed by atoms with E-state index in [1.807, 2.05) is 0 Å². The Balaban J connectivity index is 1.56. The van der Waals surface area contributed by atoms with Crippen molar-refractivity contribution in [1.29, 1.82) is 0 Å². The second-order valence-corrected chi connectivity index (χ2v) is 10.9. The molecule has 12 nitrogen and oxygen atoms in total. The number of hydrogen-bond acceptors (Lipinski definition) is 12. The van der Waals surface area contributed by atoms with E-state index in [0.717, 1.165) is 11.3 Å². The van der Waals surface area contributed by atoms with E-state index >= 15 is 0 Å². The van der Waals surface area contributed by atoms with Crippen molar-refractivity contribution in [3.05, 3.63) is 36.0 Å². The maximum Gasteiger partial charge on any atom is 0.280 e. The fraction of sp³-hybridized carbons (Fsp3) is 0.409. The summed E-state index contributed by atoms with van der Waals surface area (Å²) in [5, 5.41) is 10.0. The molecular formula is C22H26N6O6S2. The number of anilines is 2. The topological polar surface area (TPSA) is 154 Å². The SMILES string of the molecule is CNc1cnc2nc(NC(=O)/C(=N/O[C@@H]3CCOC3)c3ccc(S(=O)(=O)CCCOC)cc3)sc2n1. The standard InChI is InChI=1S/C22H26N6O6S2/c1-23-17-12-24-19-21(25-17)35-22(26-19)27-20(29)18(28-34-15-8-10-33-13-15)14-4-6-16(7-5-14)36(30,31)11-3-9-32-2/h4-7,12,15H,3,8-11,13H2,1-2H3,(H,23,25)(H,24,26,27,29)/b28-18+/t15-/m1/s1. The summed E-state index contributed by atoms with van der Waals surface area (Å²) >= 11 is 1.16. The van der Waals surface area contributed by atoms with E-state index in [1.165, 1.54) is 31.4 Å². The van der Waals surface area contributed by atoms with Crippen LogP contribution >= 0.6 is 11.3 Å². The summed E-state index contributed by atoms with van der Waals surface area (Å²) in [5.74, 6) is -0.0327. The first-order chi connectivity index (χ1) is 17.4. The Morgan fingerprint density at radius 3 is 2.78 bits per heavy atom. The third-order valence-corrected chi connectivity index (χ3v) is 7.91. The fourth-order valence-electron chi connectivity index (χ4n) is 3.33. The lowest BCUT2D eigenvalue weighted by Gasteiger charge is -2.10. The van der Waals surface area contributed by atoms with Gasteiger partial charge in [-0.1, -0.05) is 28.6 Å². The molecule has 0 radical (unpaired) electrons. The van der Waals surface area contributed by atoms with Crippen LogP contribution in [0, 0.1) is 0 Å². The number of fused-ring (bicyclic) bond motifs is 1. The first-order valence-corrected chi connectivity index (χ1v) is 13.6. The van der Waals surface area contributed by atoms with Crippen LogP contribution in [-0.2, 0) is 28.9 Å². The highest BCUT2D eigenvalue weighted by Crippen LogP contribution is 2.24. The molecule has 3 heterocycles. The molecule has 1 saturated heterocycles. The molecule has 2 aromatic heterocycles. The molecule has 0 saturated carbocycles. The minimum absolute atomic E-state index is 0.0266. The molecule has 1 aliphatic rings. The minimum atomic E-state index is -3.49. The highest BCUT2D eigenvalue weighted by Gasteiger charge is 2.22. The average molecular weight is 535 g/mol. The summed E-state index contributed by atoms with van der Waals surface area (Å²) in [5.41, 5.74) is 0.758. The van der Waals surface area contributed by atoms with Gasteiger partial charge in [-0.2, -0.15) is 4.98 Å². The Kier molecular flexibility index (Phi) is 8.40. The van der Waals surface area contributed by atoms with Crippen LogP contribution in [0.4, 0.5) is 10.9 Å². The van der Waals surface area contributed by atoms with Crippen LogP contribution in [-0.4, -0.2) is 80.8 Å². The maximum absolute atomic E-state index is 13.2. The zero-order valence-electron chi connectivity index (χ0n) is 19.8. The molecule has 36 heavy (non-hydrogen) atoms. The van der Waals surface area contributed by atoms with E-state index in [-0.39, 0.29) is 27.6 Å². The van der Waals surface area contributed by atoms with Crippen LogP contribution in [0.15, 0.2) is 40.5 Å². The monoisotopic (exact) mass is 534 g/mol. The van der Waals surface area contributed by atoms with Crippen molar-refractivity contribution in [3.63, 3.8) is 0 Å². The lowest BCUT2D eigenvalue weighted by Crippen LogP contribution is -2.25. The van der Waals surface area contributed by atoms with Crippen molar-refractivity contribution >= 4 is 54.2 Å². The second kappa shape index (κ2) is 11.7. The normalized spacial score (nSPS) is 16.3. The van der Waals surface area contributed by atoms with Crippen LogP contribution in [0.5, 0.6) is 0 Å². The third-order valence-electron chi connectivity index (χ3n) is 5.24. The van der Waals surface area contributed by atoms with Crippen molar-refractivity contribution in [2.45, 2.75) is 23.8 Å². The summed E-state index contributed by atoms with van der Waals surface area (Å²) in [7, 11) is -0.233. The van der Waals surface area contributed by atoms with Gasteiger partial charge in [0.05, 0.1) is 30.1 Å². The number of methoxy groups -OCH3 is 1. The highest BCUT2D eigenvalue weighted by atomic mass is 32.2. The minimum Gasteiger partial charge on any atom is -0.389 e. The van der Waals surface area contributed by atoms with Crippen molar-refractivity contribution in [2.24, 2.45) is 5.16 Å². The number of amides is 1. The quantitative estimate of drug-likeness (QED) is 0.212. The fourth-order valence-corrected chi connectivity index (χ4v) is 5.41. The van der Waals surface area contributed by atoms with Crippen molar-refractivity contribution in [2.75, 3.05) is 50.4 Å². The van der Waals surface area contributed by atoms with Crippen LogP contribution in [0.2, 0.25) is 0 Å². The highest BCUT2D eigenvalue weighted by molar-refractivity contribution is 7.91. The van der Waals surface area contributed by atoms with Gasteiger partial charge in [-0.25, -0.2) is 18.4 Å². The largest absolute Gasteiger partial charge is 0.389 e. The summed E-state index contributed by atoms with van der Waals surface area (Å²) in [4.78, 5) is 32.3. The van der Waals surface area contributed by atoms with E-state index in [9.17, 15) is 13.2 Å². The number of thiazole rings is 1. The number of nitrogens with one attached hydrogen (secondary N) is 2. The number of benzene rings is 1. The first-order valence-electron chi connectivity index (χ1n) is 11.2. The van der Waals surface area contributed by atoms with Crippen LogP contribution in [0.25, 0.3) is 10.5 Å². The van der Waals surface area contributed by atoms with Gasteiger partial charge >= 0.3 is 0 Å². The molecule has 0 unspecified atom stereocenters. The van der Waals surface area contributed by atoms with Crippen molar-refractivity contribution < 1.29 is 27.5 Å². The van der Waals surface area contributed by atoms with Gasteiger partial charge in [-0.15, -0.1) is 0 Å². The number of sulfone groups is 1. The molecule has 1 amide bonds. The number of carbonyl (C=O) groups is 1. The zero-order valence-corrected chi connectivity index (χ0v) is 21.4. The number of nitrogens with zero attached hydrogens (tertiary/aromatic N) is 4. The second-order valence-electron chi connectivity index (χ2n) is 7.83. The van der Waals surface area contributed by atoms with E-state index in [1.54, 1.807) is 13.2 Å². The molecule has 3 aromatic rings. The van der Waals surface area contributed by atoms with Gasteiger partial charge in [0.15, 0.2) is 37.3 Å². The lowest BCUT2D eigenvalue weighted by molar-refractivity contribution is -0.110. The number of carbonyl (C=O) groups excluding carboxylic acids is 1. The van der Waals surface area contributed by atoms with Crippen LogP contribution in [0.3, 0.4) is 0 Å². The predicted octanol–water partition coefficient (Wildman–Crippen LogP) is 2.09. The molecule has 1 atom stereocenters. The number of aromatic nitrogens is 3. The van der Waals surface area contributed by atoms with Crippen LogP contribution < -0.4 is 10.6 Å². The van der Waals surface area contributed by atoms with Gasteiger partial charge in [0.2, 0.25) is 0 Å². The smallest absolute Gasteiger partial charge is 0.280 e. The summed E-state index contributed by atoms with van der Waals surface area (Å²) in [6.07, 6.45) is 2.31. The molecule has 1 fully saturated rings. The molecule has 0 bridgehead atoms. The number of oxime groups is 1. The summed E-state index contributed by atoms with van der Waals surface area (Å²) in [6, 6.07) is 5.95. The molecule has 14 heteroatoms. The van der Waals surface area contributed by atoms with E-state index < -0.39 is 15.7 Å². The summed E-state index contributed by atoms with van der Waals surface area (Å²) in [6.45, 7) is 1.28. The van der Waals surface area contributed by atoms with E-state index in [0.29, 0.717) is 54.5 Å². The molecule has 4 rings (SSSR count). The Morgan fingerprint density at radius 1 is 1.28 bits per heavy atom. The molecule has 1 aromatic carbocycles. The van der Waals surface area contributed by atoms with E-state index in [4.69, 9.17) is 14.3 Å². The molecule has 2 N–H and O–H groups in total. The third kappa shape index (κ3) is 6.32. The van der Waals surface area contributed by atoms with Crippen molar-refractivity contribution in [3.8, 4) is 0 Å². The van der Waals surface area contributed by atoms with E-state index in [2.05, 4.69) is 30.7 Å². The molecule has 192 valence electrons. The first kappa shape index (κ1) is 25.9. The lowest BCUT2D eigenvalue weighted by atomic mass is 10.1. The number of hydrogen-bond donors (Lipinski definition) is 2. The van der Waals surface area contributed by atoms with Crippen molar-refractivity contribution in [1.82, 2.24) is 15.0 Å². The molecule has 0 aliphatic carbocycles. The molecule has 0 spiro atoms. The predicted molar refractivity (Wildman–Crippen MR) is 135 cm³/mol. The van der Waals surface area contributed by atoms with Gasteiger partial charge in [0, 0.05) is 32.7 Å². The molecule has 1 aliphatic heterocycles. The van der Waals surface area contributed by atoms with Gasteiger partial charge in [0.25, 0.3) is 5.91 Å². The Hall–Kier alpha value is -3.20. The maximum atomic E-state index is 13.2. The number of rotatable bonds is 11. The summed E-state index contributed by atoms with van der Waals surface area (Å²) < 4.78 is 35.4. The Morgan fingerprint density at radius 2 is 2.08 bits per heavy atom. The average Bonchev–Trinajstić information content (AvgIpc) is 3.53. The Labute approximate surface area is 212 Å². The zero-order chi connectivity index (χ0) is 25.5. The van der Waals surface area contributed by atoms with Gasteiger partial charge in [-0.3, -0.25) is 10.1 Å². The number of ether oxygens (including phenoxy) is 2. The van der Waals surface area contributed by atoms with Gasteiger partial charge < -0.3 is 19.6 Å².